The number of rotatable bonds is 4. The third-order valence-electron chi connectivity index (χ3n) is 4.97. The van der Waals surface area contributed by atoms with E-state index in [1.165, 1.54) is 18.2 Å². The Kier molecular flexibility index (Phi) is 5.31. The molecule has 1 amide bonds. The lowest BCUT2D eigenvalue weighted by molar-refractivity contribution is -0.0493. The number of benzene rings is 1. The van der Waals surface area contributed by atoms with Crippen LogP contribution in [0, 0.1) is 6.92 Å². The Morgan fingerprint density at radius 2 is 2.07 bits per heavy atom. The number of hydrogen-bond acceptors (Lipinski definition) is 5. The molecule has 0 atom stereocenters. The van der Waals surface area contributed by atoms with Crippen LogP contribution in [-0.4, -0.2) is 22.1 Å². The fraction of sp³-hybridized carbons (Fsp3) is 0.350. The standard InChI is InChI=1S/C20H19F2N3O3S/c1-11-15-18(24-14-9-3-2-6-10-25(14)19(15)27)29-16(11)17(26)23-12-7-4-5-8-13(12)28-20(21)22/h4-5,7-8,20H,2-3,6,9-10H2,1H3,(H,23,26). The summed E-state index contributed by atoms with van der Waals surface area (Å²) in [6.07, 6.45) is 3.71. The summed E-state index contributed by atoms with van der Waals surface area (Å²) in [5.41, 5.74) is 0.558. The van der Waals surface area contributed by atoms with Crippen LogP contribution in [0.3, 0.4) is 0 Å². The summed E-state index contributed by atoms with van der Waals surface area (Å²) in [5, 5.41) is 3.06. The Morgan fingerprint density at radius 1 is 1.28 bits per heavy atom. The highest BCUT2D eigenvalue weighted by Crippen LogP contribution is 2.31. The second-order valence-corrected chi connectivity index (χ2v) is 7.86. The van der Waals surface area contributed by atoms with Crippen molar-refractivity contribution >= 4 is 33.1 Å². The first kappa shape index (κ1) is 19.5. The number of hydrogen-bond donors (Lipinski definition) is 1. The van der Waals surface area contributed by atoms with E-state index in [1.807, 2.05) is 0 Å². The molecule has 0 fully saturated rings. The van der Waals surface area contributed by atoms with Crippen LogP contribution in [0.15, 0.2) is 29.1 Å². The summed E-state index contributed by atoms with van der Waals surface area (Å²) in [6.45, 7) is -0.660. The van der Waals surface area contributed by atoms with Crippen molar-refractivity contribution in [3.8, 4) is 5.75 Å². The number of carbonyl (C=O) groups excluding carboxylic acids is 1. The van der Waals surface area contributed by atoms with Crippen LogP contribution in [0.2, 0.25) is 0 Å². The highest BCUT2D eigenvalue weighted by molar-refractivity contribution is 7.20. The average molecular weight is 419 g/mol. The van der Waals surface area contributed by atoms with Crippen molar-refractivity contribution in [2.24, 2.45) is 0 Å². The predicted octanol–water partition coefficient (Wildman–Crippen LogP) is 4.35. The van der Waals surface area contributed by atoms with Gasteiger partial charge in [0.1, 0.15) is 16.4 Å². The molecule has 4 rings (SSSR count). The molecular weight excluding hydrogens is 400 g/mol. The Morgan fingerprint density at radius 3 is 2.86 bits per heavy atom. The number of nitrogens with zero attached hydrogens (tertiary/aromatic N) is 2. The van der Waals surface area contributed by atoms with Crippen molar-refractivity contribution in [1.29, 1.82) is 0 Å². The van der Waals surface area contributed by atoms with E-state index in [2.05, 4.69) is 15.0 Å². The van der Waals surface area contributed by atoms with E-state index < -0.39 is 12.5 Å². The van der Waals surface area contributed by atoms with Crippen molar-refractivity contribution in [3.63, 3.8) is 0 Å². The van der Waals surface area contributed by atoms with Gasteiger partial charge in [0.2, 0.25) is 0 Å². The van der Waals surface area contributed by atoms with Crippen LogP contribution >= 0.6 is 11.3 Å². The van der Waals surface area contributed by atoms with Crippen molar-refractivity contribution < 1.29 is 18.3 Å². The number of thiophene rings is 1. The number of halogens is 2. The van der Waals surface area contributed by atoms with Crippen molar-refractivity contribution in [1.82, 2.24) is 9.55 Å². The molecule has 0 bridgehead atoms. The fourth-order valence-corrected chi connectivity index (χ4v) is 4.66. The van der Waals surface area contributed by atoms with E-state index in [1.54, 1.807) is 17.6 Å². The van der Waals surface area contributed by atoms with E-state index in [0.717, 1.165) is 42.8 Å². The average Bonchev–Trinajstić information content (AvgIpc) is 2.85. The molecule has 1 aliphatic heterocycles. The highest BCUT2D eigenvalue weighted by atomic mass is 32.1. The maximum absolute atomic E-state index is 13.0. The maximum atomic E-state index is 13.0. The molecule has 0 spiro atoms. The SMILES string of the molecule is Cc1c(C(=O)Nc2ccccc2OC(F)F)sc2nc3n(c(=O)c12)CCCCC3. The molecule has 0 saturated carbocycles. The van der Waals surface area contributed by atoms with Gasteiger partial charge in [-0.2, -0.15) is 8.78 Å². The number of ether oxygens (including phenoxy) is 1. The zero-order valence-electron chi connectivity index (χ0n) is 15.7. The normalized spacial score (nSPS) is 13.9. The summed E-state index contributed by atoms with van der Waals surface area (Å²) >= 11 is 1.14. The van der Waals surface area contributed by atoms with E-state index in [4.69, 9.17) is 0 Å². The number of carbonyl (C=O) groups is 1. The Labute approximate surface area is 169 Å². The van der Waals surface area contributed by atoms with Gasteiger partial charge in [0, 0.05) is 13.0 Å². The smallest absolute Gasteiger partial charge is 0.387 e. The molecule has 0 saturated heterocycles. The largest absolute Gasteiger partial charge is 0.433 e. The topological polar surface area (TPSA) is 73.2 Å². The summed E-state index contributed by atoms with van der Waals surface area (Å²) in [7, 11) is 0. The molecule has 2 aromatic heterocycles. The third-order valence-corrected chi connectivity index (χ3v) is 6.15. The molecule has 3 heterocycles. The monoisotopic (exact) mass is 419 g/mol. The van der Waals surface area contributed by atoms with Crippen LogP contribution in [0.5, 0.6) is 5.75 Å². The Hall–Kier alpha value is -2.81. The minimum absolute atomic E-state index is 0.124. The number of aromatic nitrogens is 2. The van der Waals surface area contributed by atoms with Gasteiger partial charge >= 0.3 is 6.61 Å². The van der Waals surface area contributed by atoms with Gasteiger partial charge in [0.05, 0.1) is 16.0 Å². The number of aryl methyl sites for hydroxylation is 2. The molecule has 0 radical (unpaired) electrons. The first-order valence-corrected chi connectivity index (χ1v) is 10.2. The van der Waals surface area contributed by atoms with Gasteiger partial charge in [0.15, 0.2) is 0 Å². The minimum Gasteiger partial charge on any atom is -0.433 e. The second-order valence-electron chi connectivity index (χ2n) is 6.86. The van der Waals surface area contributed by atoms with E-state index in [-0.39, 0.29) is 17.0 Å². The quantitative estimate of drug-likeness (QED) is 0.683. The predicted molar refractivity (Wildman–Crippen MR) is 107 cm³/mol. The summed E-state index contributed by atoms with van der Waals surface area (Å²) in [5.74, 6) is 0.138. The molecule has 1 aromatic carbocycles. The molecule has 1 aliphatic rings. The number of nitrogens with one attached hydrogen (secondary N) is 1. The van der Waals surface area contributed by atoms with E-state index >= 15 is 0 Å². The lowest BCUT2D eigenvalue weighted by Gasteiger charge is -2.11. The first-order chi connectivity index (χ1) is 14.0. The molecule has 0 aliphatic carbocycles. The molecule has 29 heavy (non-hydrogen) atoms. The Balaban J connectivity index is 1.72. The summed E-state index contributed by atoms with van der Waals surface area (Å²) in [4.78, 5) is 31.4. The van der Waals surface area contributed by atoms with Crippen LogP contribution in [-0.2, 0) is 13.0 Å². The maximum Gasteiger partial charge on any atom is 0.387 e. The van der Waals surface area contributed by atoms with Crippen LogP contribution in [0.1, 0.15) is 40.3 Å². The molecule has 9 heteroatoms. The molecule has 6 nitrogen and oxygen atoms in total. The highest BCUT2D eigenvalue weighted by Gasteiger charge is 2.23. The molecule has 1 N–H and O–H groups in total. The third kappa shape index (κ3) is 3.74. The minimum atomic E-state index is -3.00. The van der Waals surface area contributed by atoms with Gasteiger partial charge in [0.25, 0.3) is 11.5 Å². The van der Waals surface area contributed by atoms with Crippen LogP contribution in [0.25, 0.3) is 10.2 Å². The van der Waals surface area contributed by atoms with Crippen molar-refractivity contribution in [2.75, 3.05) is 5.32 Å². The molecule has 152 valence electrons. The van der Waals surface area contributed by atoms with Gasteiger partial charge in [-0.3, -0.25) is 14.2 Å². The lowest BCUT2D eigenvalue weighted by atomic mass is 10.2. The first-order valence-electron chi connectivity index (χ1n) is 9.33. The van der Waals surface area contributed by atoms with Gasteiger partial charge in [-0.25, -0.2) is 4.98 Å². The van der Waals surface area contributed by atoms with E-state index in [0.29, 0.717) is 27.2 Å². The fourth-order valence-electron chi connectivity index (χ4n) is 3.57. The summed E-state index contributed by atoms with van der Waals surface area (Å²) < 4.78 is 31.4. The summed E-state index contributed by atoms with van der Waals surface area (Å²) in [6, 6.07) is 5.98. The zero-order chi connectivity index (χ0) is 20.5. The van der Waals surface area contributed by atoms with Crippen molar-refractivity contribution in [3.05, 3.63) is 50.9 Å². The van der Waals surface area contributed by atoms with E-state index in [9.17, 15) is 18.4 Å². The van der Waals surface area contributed by atoms with Gasteiger partial charge in [-0.15, -0.1) is 11.3 Å². The molecular formula is C20H19F2N3O3S. The lowest BCUT2D eigenvalue weighted by Crippen LogP contribution is -2.24. The number of alkyl halides is 2. The van der Waals surface area contributed by atoms with Gasteiger partial charge in [-0.1, -0.05) is 18.6 Å². The second kappa shape index (κ2) is 7.90. The van der Waals surface area contributed by atoms with Crippen LogP contribution < -0.4 is 15.6 Å². The number of anilines is 1. The molecule has 3 aromatic rings. The number of para-hydroxylation sites is 2. The van der Waals surface area contributed by atoms with Crippen LogP contribution in [0.4, 0.5) is 14.5 Å². The van der Waals surface area contributed by atoms with Gasteiger partial charge < -0.3 is 10.1 Å². The van der Waals surface area contributed by atoms with Crippen molar-refractivity contribution in [2.45, 2.75) is 45.8 Å². The molecule has 0 unspecified atom stereocenters. The number of amides is 1. The Bertz CT molecular complexity index is 1140. The number of fused-ring (bicyclic) bond motifs is 2. The van der Waals surface area contributed by atoms with Gasteiger partial charge in [-0.05, 0) is 37.5 Å². The zero-order valence-corrected chi connectivity index (χ0v) is 16.5.